The summed E-state index contributed by atoms with van der Waals surface area (Å²) < 4.78 is 5.59. The fourth-order valence-corrected chi connectivity index (χ4v) is 4.29. The number of likely N-dealkylation sites (N-methyl/N-ethyl adjacent to an activating group) is 1. The number of nitrogens with zero attached hydrogens (tertiary/aromatic N) is 4. The van der Waals surface area contributed by atoms with Crippen LogP contribution in [0.1, 0.15) is 37.4 Å². The molecule has 0 bridgehead atoms. The molecule has 1 saturated heterocycles. The van der Waals surface area contributed by atoms with Crippen molar-refractivity contribution in [1.29, 1.82) is 0 Å². The van der Waals surface area contributed by atoms with Gasteiger partial charge in [0.05, 0.1) is 24.9 Å². The molecule has 0 aliphatic carbocycles. The van der Waals surface area contributed by atoms with Crippen molar-refractivity contribution in [1.82, 2.24) is 14.8 Å². The molecule has 6 heteroatoms. The first-order chi connectivity index (χ1) is 15.2. The Kier molecular flexibility index (Phi) is 6.99. The zero-order valence-electron chi connectivity index (χ0n) is 18.5. The Hall–Kier alpha value is -2.70. The molecular weight excluding hydrogens is 388 g/mol. The number of carbonyl (C=O) groups is 1. The lowest BCUT2D eigenvalue weighted by Crippen LogP contribution is -2.49. The zero-order chi connectivity index (χ0) is 21.6. The fraction of sp³-hybridized carbons (Fsp3) is 0.440. The smallest absolute Gasteiger partial charge is 0.257 e. The number of amides is 1. The summed E-state index contributed by atoms with van der Waals surface area (Å²) in [6.45, 7) is 10.2. The predicted molar refractivity (Wildman–Crippen MR) is 123 cm³/mol. The SMILES string of the molecule is CCOc1ccc(C2CC(c3ccccc3)=NN2C(=O)CN2CCN(CC)CC2)cc1. The average Bonchev–Trinajstić information content (AvgIpc) is 3.27. The number of benzene rings is 2. The minimum absolute atomic E-state index is 0.0646. The van der Waals surface area contributed by atoms with Crippen LogP contribution in [0.15, 0.2) is 59.7 Å². The summed E-state index contributed by atoms with van der Waals surface area (Å²) in [5.41, 5.74) is 3.12. The number of hydrazone groups is 1. The second kappa shape index (κ2) is 10.1. The standard InChI is InChI=1S/C25H32N4O2/c1-3-27-14-16-28(17-15-27)19-25(30)29-24(21-10-12-22(13-11-21)31-4-2)18-23(26-29)20-8-6-5-7-9-20/h5-13,24H,3-4,14-19H2,1-2H3. The molecule has 6 nitrogen and oxygen atoms in total. The average molecular weight is 421 g/mol. The van der Waals surface area contributed by atoms with Crippen LogP contribution in [0.25, 0.3) is 0 Å². The summed E-state index contributed by atoms with van der Waals surface area (Å²) in [5, 5.41) is 6.52. The monoisotopic (exact) mass is 420 g/mol. The molecule has 0 aromatic heterocycles. The van der Waals surface area contributed by atoms with Crippen LogP contribution in [-0.2, 0) is 4.79 Å². The summed E-state index contributed by atoms with van der Waals surface area (Å²) in [7, 11) is 0. The highest BCUT2D eigenvalue weighted by Crippen LogP contribution is 2.33. The number of hydrogen-bond donors (Lipinski definition) is 0. The summed E-state index contributed by atoms with van der Waals surface area (Å²) in [6.07, 6.45) is 0.716. The van der Waals surface area contributed by atoms with Crippen LogP contribution in [0.5, 0.6) is 5.75 Å². The van der Waals surface area contributed by atoms with Gasteiger partial charge in [-0.2, -0.15) is 5.10 Å². The van der Waals surface area contributed by atoms with Crippen LogP contribution in [0, 0.1) is 0 Å². The second-order valence-corrected chi connectivity index (χ2v) is 8.08. The second-order valence-electron chi connectivity index (χ2n) is 8.08. The van der Waals surface area contributed by atoms with E-state index in [0.29, 0.717) is 19.6 Å². The third-order valence-electron chi connectivity index (χ3n) is 6.12. The van der Waals surface area contributed by atoms with E-state index in [-0.39, 0.29) is 11.9 Å². The Balaban J connectivity index is 1.52. The third-order valence-corrected chi connectivity index (χ3v) is 6.12. The van der Waals surface area contributed by atoms with E-state index >= 15 is 0 Å². The molecule has 0 spiro atoms. The zero-order valence-corrected chi connectivity index (χ0v) is 18.5. The van der Waals surface area contributed by atoms with Crippen LogP contribution >= 0.6 is 0 Å². The molecule has 1 unspecified atom stereocenters. The van der Waals surface area contributed by atoms with E-state index in [1.807, 2.05) is 37.3 Å². The van der Waals surface area contributed by atoms with Crippen molar-refractivity contribution < 1.29 is 9.53 Å². The maximum Gasteiger partial charge on any atom is 0.257 e. The normalized spacial score (nSPS) is 20.0. The molecule has 1 atom stereocenters. The summed E-state index contributed by atoms with van der Waals surface area (Å²) in [4.78, 5) is 18.0. The van der Waals surface area contributed by atoms with Crippen LogP contribution in [0.4, 0.5) is 0 Å². The van der Waals surface area contributed by atoms with E-state index in [4.69, 9.17) is 9.84 Å². The van der Waals surface area contributed by atoms with E-state index < -0.39 is 0 Å². The van der Waals surface area contributed by atoms with E-state index in [1.165, 1.54) is 0 Å². The van der Waals surface area contributed by atoms with Crippen molar-refractivity contribution in [3.8, 4) is 5.75 Å². The Bertz CT molecular complexity index is 889. The molecule has 0 radical (unpaired) electrons. The highest BCUT2D eigenvalue weighted by Gasteiger charge is 2.34. The first-order valence-electron chi connectivity index (χ1n) is 11.3. The lowest BCUT2D eigenvalue weighted by atomic mass is 9.98. The van der Waals surface area contributed by atoms with Gasteiger partial charge in [-0.25, -0.2) is 5.01 Å². The lowest BCUT2D eigenvalue weighted by Gasteiger charge is -2.34. The highest BCUT2D eigenvalue weighted by molar-refractivity contribution is 6.03. The van der Waals surface area contributed by atoms with Gasteiger partial charge in [-0.1, -0.05) is 49.4 Å². The Morgan fingerprint density at radius 2 is 1.65 bits per heavy atom. The van der Waals surface area contributed by atoms with Gasteiger partial charge in [-0.05, 0) is 36.7 Å². The van der Waals surface area contributed by atoms with Crippen molar-refractivity contribution in [3.63, 3.8) is 0 Å². The molecule has 31 heavy (non-hydrogen) atoms. The molecule has 2 aromatic rings. The molecule has 1 fully saturated rings. The van der Waals surface area contributed by atoms with E-state index in [9.17, 15) is 4.79 Å². The minimum Gasteiger partial charge on any atom is -0.494 e. The van der Waals surface area contributed by atoms with E-state index in [0.717, 1.165) is 55.3 Å². The molecule has 4 rings (SSSR count). The van der Waals surface area contributed by atoms with Gasteiger partial charge in [-0.15, -0.1) is 0 Å². The van der Waals surface area contributed by atoms with E-state index in [2.05, 4.69) is 41.0 Å². The topological polar surface area (TPSA) is 48.4 Å². The third kappa shape index (κ3) is 5.14. The van der Waals surface area contributed by atoms with Gasteiger partial charge in [0, 0.05) is 32.6 Å². The molecule has 1 amide bonds. The quantitative estimate of drug-likeness (QED) is 0.689. The first-order valence-corrected chi connectivity index (χ1v) is 11.3. The van der Waals surface area contributed by atoms with Crippen molar-refractivity contribution in [2.24, 2.45) is 5.10 Å². The summed E-state index contributed by atoms with van der Waals surface area (Å²) in [5.74, 6) is 0.912. The molecule has 0 N–H and O–H groups in total. The Morgan fingerprint density at radius 1 is 0.968 bits per heavy atom. The molecular formula is C25H32N4O2. The Morgan fingerprint density at radius 3 is 2.29 bits per heavy atom. The van der Waals surface area contributed by atoms with Crippen molar-refractivity contribution in [3.05, 3.63) is 65.7 Å². The number of hydrogen-bond acceptors (Lipinski definition) is 5. The number of ether oxygens (including phenoxy) is 1. The molecule has 0 saturated carbocycles. The maximum absolute atomic E-state index is 13.3. The van der Waals surface area contributed by atoms with Crippen molar-refractivity contribution >= 4 is 11.6 Å². The van der Waals surface area contributed by atoms with Gasteiger partial charge in [0.2, 0.25) is 0 Å². The first kappa shape index (κ1) is 21.5. The summed E-state index contributed by atoms with van der Waals surface area (Å²) >= 11 is 0. The minimum atomic E-state index is -0.0877. The maximum atomic E-state index is 13.3. The van der Waals surface area contributed by atoms with Crippen LogP contribution in [0.3, 0.4) is 0 Å². The van der Waals surface area contributed by atoms with Gasteiger partial charge < -0.3 is 9.64 Å². The van der Waals surface area contributed by atoms with Gasteiger partial charge >= 0.3 is 0 Å². The predicted octanol–water partition coefficient (Wildman–Crippen LogP) is 3.40. The molecule has 164 valence electrons. The van der Waals surface area contributed by atoms with Gasteiger partial charge in [0.25, 0.3) is 5.91 Å². The summed E-state index contributed by atoms with van der Waals surface area (Å²) in [6, 6.07) is 18.1. The van der Waals surface area contributed by atoms with Crippen LogP contribution in [-0.4, -0.2) is 72.3 Å². The molecule has 2 aliphatic heterocycles. The fourth-order valence-electron chi connectivity index (χ4n) is 4.29. The molecule has 2 aromatic carbocycles. The van der Waals surface area contributed by atoms with Crippen molar-refractivity contribution in [2.45, 2.75) is 26.3 Å². The van der Waals surface area contributed by atoms with Gasteiger partial charge in [0.1, 0.15) is 5.75 Å². The Labute approximate surface area is 185 Å². The van der Waals surface area contributed by atoms with Gasteiger partial charge in [0.15, 0.2) is 0 Å². The highest BCUT2D eigenvalue weighted by atomic mass is 16.5. The van der Waals surface area contributed by atoms with E-state index in [1.54, 1.807) is 5.01 Å². The number of piperazine rings is 1. The number of rotatable bonds is 7. The molecule has 2 aliphatic rings. The number of carbonyl (C=O) groups excluding carboxylic acids is 1. The molecule has 2 heterocycles. The van der Waals surface area contributed by atoms with Gasteiger partial charge in [-0.3, -0.25) is 9.69 Å². The van der Waals surface area contributed by atoms with Crippen LogP contribution in [0.2, 0.25) is 0 Å². The lowest BCUT2D eigenvalue weighted by molar-refractivity contribution is -0.134. The largest absolute Gasteiger partial charge is 0.494 e. The van der Waals surface area contributed by atoms with Crippen LogP contribution < -0.4 is 4.74 Å². The van der Waals surface area contributed by atoms with Crippen molar-refractivity contribution in [2.75, 3.05) is 45.9 Å².